The molecule has 4 unspecified atom stereocenters. The van der Waals surface area contributed by atoms with Gasteiger partial charge in [0, 0.05) is 68.0 Å². The minimum Gasteiger partial charge on any atom is -0.478 e. The van der Waals surface area contributed by atoms with E-state index in [2.05, 4.69) is 9.97 Å². The Bertz CT molecular complexity index is 3230. The van der Waals surface area contributed by atoms with E-state index in [1.807, 2.05) is 97.1 Å². The third kappa shape index (κ3) is 11.8. The van der Waals surface area contributed by atoms with E-state index in [9.17, 15) is 39.6 Å². The molecule has 0 saturated heterocycles. The van der Waals surface area contributed by atoms with Gasteiger partial charge >= 0.3 is 23.9 Å². The first-order chi connectivity index (χ1) is 38.2. The van der Waals surface area contributed by atoms with Crippen LogP contribution >= 0.6 is 0 Å². The molecule has 7 aromatic rings. The van der Waals surface area contributed by atoms with Crippen molar-refractivity contribution in [3.8, 4) is 67.5 Å². The van der Waals surface area contributed by atoms with Crippen LogP contribution in [-0.4, -0.2) is 88.7 Å². The Hall–Kier alpha value is -9.44. The summed E-state index contributed by atoms with van der Waals surface area (Å²) in [5, 5.41) is 39.7. The smallest absolute Gasteiger partial charge is 0.345 e. The molecule has 0 fully saturated rings. The monoisotopic (exact) mass is 1080 g/mol. The number of aromatic amines is 2. The number of hydrogen-bond acceptors (Lipinski definition) is 10. The number of ether oxygens (including phenoxy) is 4. The first-order valence-electron chi connectivity index (χ1n) is 26.4. The Kier molecular flexibility index (Phi) is 16.1. The van der Waals surface area contributed by atoms with Crippen LogP contribution in [0.2, 0.25) is 0 Å². The van der Waals surface area contributed by atoms with Gasteiger partial charge in [-0.05, 0) is 119 Å². The maximum Gasteiger partial charge on any atom is 0.345 e. The molecule has 6 N–H and O–H groups in total. The van der Waals surface area contributed by atoms with Crippen LogP contribution in [0.5, 0.6) is 23.0 Å². The second-order valence-corrected chi connectivity index (χ2v) is 21.1. The number of fused-ring (bicyclic) bond motifs is 8. The van der Waals surface area contributed by atoms with Gasteiger partial charge in [-0.1, -0.05) is 104 Å². The third-order valence-electron chi connectivity index (χ3n) is 13.8. The molecule has 0 saturated carbocycles. The summed E-state index contributed by atoms with van der Waals surface area (Å²) < 4.78 is 23.9. The zero-order valence-electron chi connectivity index (χ0n) is 45.4. The van der Waals surface area contributed by atoms with Gasteiger partial charge in [-0.2, -0.15) is 0 Å². The molecule has 0 spiro atoms. The van der Waals surface area contributed by atoms with Crippen LogP contribution in [0.3, 0.4) is 0 Å². The van der Waals surface area contributed by atoms with Crippen molar-refractivity contribution >= 4 is 70.2 Å². The number of aromatic nitrogens is 4. The average Bonchev–Trinajstić information content (AvgIpc) is 4.29. The van der Waals surface area contributed by atoms with Crippen LogP contribution in [0, 0.1) is 23.7 Å². The van der Waals surface area contributed by atoms with Crippen LogP contribution in [0.15, 0.2) is 121 Å². The first-order valence-corrected chi connectivity index (χ1v) is 26.4. The second-order valence-electron chi connectivity index (χ2n) is 21.1. The number of carbonyl (C=O) groups is 4. The molecule has 0 amide bonds. The Morgan fingerprint density at radius 3 is 0.675 bits per heavy atom. The molecule has 5 heterocycles. The SMILES string of the molecule is CC(C)C(Oc1ccc(-c2c3nc(c(-c4ccc(OC(C(=O)O)C(C)C)cc4)c4ccc([nH]4)c(-c4ccc(OC(C(=O)O)C(C)C)cc4)c4nc(c(-c5ccc(OC(C(=O)O)C(C)C)cc5)c5ccc2[nH]5)C=C4)C=C3)cc1)C(=O)O. The highest BCUT2D eigenvalue weighted by atomic mass is 16.5. The Morgan fingerprint density at radius 1 is 0.325 bits per heavy atom. The molecule has 4 aromatic carbocycles. The van der Waals surface area contributed by atoms with E-state index in [1.54, 1.807) is 104 Å². The predicted molar refractivity (Wildman–Crippen MR) is 308 cm³/mol. The summed E-state index contributed by atoms with van der Waals surface area (Å²) in [7, 11) is 0. The minimum absolute atomic E-state index is 0.296. The van der Waals surface area contributed by atoms with Gasteiger partial charge in [0.2, 0.25) is 0 Å². The second kappa shape index (κ2) is 23.3. The van der Waals surface area contributed by atoms with Crippen molar-refractivity contribution < 1.29 is 58.6 Å². The molecule has 9 rings (SSSR count). The molecule has 80 heavy (non-hydrogen) atoms. The fourth-order valence-corrected chi connectivity index (χ4v) is 9.69. The van der Waals surface area contributed by atoms with Gasteiger partial charge in [-0.3, -0.25) is 0 Å². The average molecular weight is 1080 g/mol. The van der Waals surface area contributed by atoms with Crippen molar-refractivity contribution in [1.82, 2.24) is 19.9 Å². The summed E-state index contributed by atoms with van der Waals surface area (Å²) in [6, 6.07) is 36.6. The van der Waals surface area contributed by atoms with Crippen LogP contribution in [-0.2, 0) is 19.2 Å². The number of carboxylic acid groups (broad SMARTS) is 4. The molecule has 16 heteroatoms. The standard InChI is InChI=1S/C64H62N4O12/c1-33(2)57(61(69)70)77-41-17-9-37(10-18-41)53-45-25-27-47(65-45)54(38-11-19-42(20-12-38)78-58(34(3)4)62(71)72)49-29-31-51(67-49)56(40-15-23-44(24-16-40)80-60(36(7)8)64(75)76)52-32-30-50(68-52)55(48-28-26-46(53)66-48)39-13-21-43(22-14-39)79-59(35(5)6)63(73)74/h9-36,57-60,65,68H,1-8H3,(H,69,70)(H,71,72)(H,73,74)(H,75,76). The highest BCUT2D eigenvalue weighted by Crippen LogP contribution is 2.40. The van der Waals surface area contributed by atoms with Crippen LogP contribution in [0.4, 0.5) is 0 Å². The predicted octanol–water partition coefficient (Wildman–Crippen LogP) is 13.3. The lowest BCUT2D eigenvalue weighted by atomic mass is 10.0. The van der Waals surface area contributed by atoms with E-state index < -0.39 is 48.3 Å². The fraction of sp³-hybridized carbons (Fsp3) is 0.250. The summed E-state index contributed by atoms with van der Waals surface area (Å²) in [5.41, 5.74) is 10.9. The molecule has 2 aliphatic heterocycles. The number of aliphatic carboxylic acids is 4. The van der Waals surface area contributed by atoms with E-state index in [4.69, 9.17) is 28.9 Å². The number of rotatable bonds is 20. The Morgan fingerprint density at radius 2 is 0.512 bits per heavy atom. The van der Waals surface area contributed by atoms with Gasteiger partial charge in [0.25, 0.3) is 0 Å². The van der Waals surface area contributed by atoms with E-state index in [-0.39, 0.29) is 23.7 Å². The largest absolute Gasteiger partial charge is 0.478 e. The van der Waals surface area contributed by atoms with Crippen molar-refractivity contribution in [2.24, 2.45) is 23.7 Å². The number of nitrogens with zero attached hydrogens (tertiary/aromatic N) is 2. The van der Waals surface area contributed by atoms with Crippen molar-refractivity contribution in [1.29, 1.82) is 0 Å². The van der Waals surface area contributed by atoms with E-state index in [1.165, 1.54) is 0 Å². The van der Waals surface area contributed by atoms with Gasteiger partial charge in [0.15, 0.2) is 24.4 Å². The number of nitrogens with one attached hydrogen (secondary N) is 2. The van der Waals surface area contributed by atoms with Gasteiger partial charge in [-0.15, -0.1) is 0 Å². The molecule has 410 valence electrons. The topological polar surface area (TPSA) is 243 Å². The third-order valence-corrected chi connectivity index (χ3v) is 13.8. The van der Waals surface area contributed by atoms with E-state index in [0.717, 1.165) is 22.3 Å². The molecule has 0 aliphatic carbocycles. The van der Waals surface area contributed by atoms with Gasteiger partial charge in [0.05, 0.1) is 22.8 Å². The summed E-state index contributed by atoms with van der Waals surface area (Å²) in [5.74, 6) is -3.95. The zero-order valence-corrected chi connectivity index (χ0v) is 45.4. The number of benzene rings is 4. The van der Waals surface area contributed by atoms with Crippen molar-refractivity contribution in [3.05, 3.63) is 144 Å². The zero-order chi connectivity index (χ0) is 57.1. The summed E-state index contributed by atoms with van der Waals surface area (Å²) in [6.45, 7) is 14.3. The number of H-pyrrole nitrogens is 2. The maximum absolute atomic E-state index is 12.1. The lowest BCUT2D eigenvalue weighted by Gasteiger charge is -2.18. The van der Waals surface area contributed by atoms with Crippen molar-refractivity contribution in [2.75, 3.05) is 0 Å². The van der Waals surface area contributed by atoms with Gasteiger partial charge < -0.3 is 49.3 Å². The highest BCUT2D eigenvalue weighted by Gasteiger charge is 2.28. The van der Waals surface area contributed by atoms with Crippen molar-refractivity contribution in [2.45, 2.75) is 79.8 Å². The Labute approximate surface area is 462 Å². The lowest BCUT2D eigenvalue weighted by molar-refractivity contribution is -0.148. The van der Waals surface area contributed by atoms with Crippen LogP contribution in [0.1, 0.15) is 78.2 Å². The highest BCUT2D eigenvalue weighted by molar-refractivity contribution is 6.00. The molecular weight excluding hydrogens is 1020 g/mol. The number of carboxylic acids is 4. The summed E-state index contributed by atoms with van der Waals surface area (Å²) in [6.07, 6.45) is 3.46. The number of hydrogen-bond donors (Lipinski definition) is 6. The fourth-order valence-electron chi connectivity index (χ4n) is 9.69. The van der Waals surface area contributed by atoms with Gasteiger partial charge in [-0.25, -0.2) is 29.1 Å². The quantitative estimate of drug-likeness (QED) is 0.0416. The summed E-state index contributed by atoms with van der Waals surface area (Å²) >= 11 is 0. The van der Waals surface area contributed by atoms with Crippen LogP contribution < -0.4 is 18.9 Å². The maximum atomic E-state index is 12.1. The first kappa shape index (κ1) is 55.3. The minimum atomic E-state index is -1.07. The normalized spacial score (nSPS) is 13.6. The molecule has 16 nitrogen and oxygen atoms in total. The van der Waals surface area contributed by atoms with Crippen LogP contribution in [0.25, 0.3) is 90.9 Å². The molecular formula is C64H62N4O12. The molecule has 4 atom stereocenters. The van der Waals surface area contributed by atoms with E-state index >= 15 is 0 Å². The van der Waals surface area contributed by atoms with Crippen molar-refractivity contribution in [3.63, 3.8) is 0 Å². The molecule has 2 aliphatic rings. The summed E-state index contributed by atoms with van der Waals surface area (Å²) in [4.78, 5) is 66.7. The molecule has 3 aromatic heterocycles. The van der Waals surface area contributed by atoms with Gasteiger partial charge in [0.1, 0.15) is 23.0 Å². The molecule has 8 bridgehead atoms. The lowest BCUT2D eigenvalue weighted by Crippen LogP contribution is -2.32. The molecule has 0 radical (unpaired) electrons. The Balaban J connectivity index is 1.32. The van der Waals surface area contributed by atoms with E-state index in [0.29, 0.717) is 90.1 Å².